The van der Waals surface area contributed by atoms with Gasteiger partial charge in [0.15, 0.2) is 0 Å². The van der Waals surface area contributed by atoms with Gasteiger partial charge >= 0.3 is 0 Å². The molecule has 0 saturated carbocycles. The second-order valence-electron chi connectivity index (χ2n) is 4.89. The molecular weight excluding hydrogens is 255 g/mol. The van der Waals surface area contributed by atoms with E-state index in [1.54, 1.807) is 12.1 Å². The molecule has 0 aliphatic carbocycles. The Morgan fingerprint density at radius 2 is 1.90 bits per heavy atom. The molecule has 3 nitrogen and oxygen atoms in total. The van der Waals surface area contributed by atoms with E-state index >= 15 is 0 Å². The number of hydrogen-bond acceptors (Lipinski definition) is 2. The van der Waals surface area contributed by atoms with E-state index in [1.807, 2.05) is 29.7 Å². The molecule has 0 unspecified atom stereocenters. The first-order valence-corrected chi connectivity index (χ1v) is 6.48. The zero-order valence-corrected chi connectivity index (χ0v) is 11.2. The Morgan fingerprint density at radius 3 is 2.60 bits per heavy atom. The molecule has 0 spiro atoms. The lowest BCUT2D eigenvalue weighted by Crippen LogP contribution is -2.05. The van der Waals surface area contributed by atoms with Crippen molar-refractivity contribution in [2.75, 3.05) is 0 Å². The summed E-state index contributed by atoms with van der Waals surface area (Å²) in [5.41, 5.74) is 3.95. The van der Waals surface area contributed by atoms with Crippen LogP contribution in [0.15, 0.2) is 42.5 Å². The van der Waals surface area contributed by atoms with Gasteiger partial charge in [0, 0.05) is 6.54 Å². The van der Waals surface area contributed by atoms with Crippen LogP contribution in [0.1, 0.15) is 17.0 Å². The van der Waals surface area contributed by atoms with E-state index < -0.39 is 0 Å². The molecule has 0 fully saturated rings. The van der Waals surface area contributed by atoms with Crippen molar-refractivity contribution in [3.05, 3.63) is 65.2 Å². The average molecular weight is 270 g/mol. The third-order valence-electron chi connectivity index (χ3n) is 3.38. The lowest BCUT2D eigenvalue weighted by atomic mass is 10.2. The van der Waals surface area contributed by atoms with E-state index in [-0.39, 0.29) is 12.4 Å². The number of imidazole rings is 1. The molecular formula is C16H15FN2O. The minimum Gasteiger partial charge on any atom is -0.388 e. The average Bonchev–Trinajstić information content (AvgIpc) is 2.78. The molecule has 0 atom stereocenters. The highest BCUT2D eigenvalue weighted by Gasteiger charge is 2.10. The zero-order chi connectivity index (χ0) is 14.1. The van der Waals surface area contributed by atoms with Crippen LogP contribution in [0.3, 0.4) is 0 Å². The molecule has 2 aromatic carbocycles. The Labute approximate surface area is 116 Å². The summed E-state index contributed by atoms with van der Waals surface area (Å²) in [5.74, 6) is 0.372. The van der Waals surface area contributed by atoms with Crippen molar-refractivity contribution in [1.29, 1.82) is 0 Å². The minimum absolute atomic E-state index is 0.116. The van der Waals surface area contributed by atoms with Crippen molar-refractivity contribution >= 4 is 11.0 Å². The summed E-state index contributed by atoms with van der Waals surface area (Å²) in [6.07, 6.45) is 0. The van der Waals surface area contributed by atoms with Crippen LogP contribution in [0.4, 0.5) is 4.39 Å². The van der Waals surface area contributed by atoms with E-state index in [0.29, 0.717) is 12.4 Å². The number of rotatable bonds is 3. The van der Waals surface area contributed by atoms with Crippen LogP contribution in [-0.2, 0) is 13.2 Å². The molecule has 102 valence electrons. The fraction of sp³-hybridized carbons (Fsp3) is 0.188. The number of aryl methyl sites for hydroxylation is 1. The maximum atomic E-state index is 12.9. The zero-order valence-electron chi connectivity index (χ0n) is 11.2. The summed E-state index contributed by atoms with van der Waals surface area (Å²) >= 11 is 0. The SMILES string of the molecule is Cc1ccc2c(c1)nc(CO)n2Cc1ccc(F)cc1. The first kappa shape index (κ1) is 12.8. The molecule has 0 radical (unpaired) electrons. The molecule has 0 aliphatic heterocycles. The molecule has 20 heavy (non-hydrogen) atoms. The third-order valence-corrected chi connectivity index (χ3v) is 3.38. The molecule has 1 N–H and O–H groups in total. The maximum Gasteiger partial charge on any atom is 0.136 e. The van der Waals surface area contributed by atoms with Gasteiger partial charge in [-0.15, -0.1) is 0 Å². The summed E-state index contributed by atoms with van der Waals surface area (Å²) in [7, 11) is 0. The quantitative estimate of drug-likeness (QED) is 0.794. The normalized spacial score (nSPS) is 11.2. The van der Waals surface area contributed by atoms with Crippen molar-refractivity contribution in [2.24, 2.45) is 0 Å². The number of fused-ring (bicyclic) bond motifs is 1. The van der Waals surface area contributed by atoms with Gasteiger partial charge in [0.25, 0.3) is 0 Å². The van der Waals surface area contributed by atoms with E-state index in [1.165, 1.54) is 12.1 Å². The van der Waals surface area contributed by atoms with Crippen molar-refractivity contribution in [3.8, 4) is 0 Å². The summed E-state index contributed by atoms with van der Waals surface area (Å²) in [5, 5.41) is 9.47. The van der Waals surface area contributed by atoms with Crippen molar-refractivity contribution in [1.82, 2.24) is 9.55 Å². The maximum absolute atomic E-state index is 12.9. The van der Waals surface area contributed by atoms with E-state index in [0.717, 1.165) is 22.2 Å². The van der Waals surface area contributed by atoms with Crippen LogP contribution >= 0.6 is 0 Å². The molecule has 1 aromatic heterocycles. The molecule has 0 amide bonds. The highest BCUT2D eigenvalue weighted by molar-refractivity contribution is 5.77. The first-order chi connectivity index (χ1) is 9.67. The molecule has 3 rings (SSSR count). The van der Waals surface area contributed by atoms with Gasteiger partial charge in [-0.2, -0.15) is 0 Å². The van der Waals surface area contributed by atoms with E-state index in [2.05, 4.69) is 4.98 Å². The Kier molecular flexibility index (Phi) is 3.24. The van der Waals surface area contributed by atoms with Crippen LogP contribution in [-0.4, -0.2) is 14.7 Å². The Bertz CT molecular complexity index is 747. The van der Waals surface area contributed by atoms with Crippen LogP contribution in [0.5, 0.6) is 0 Å². The minimum atomic E-state index is -0.248. The Balaban J connectivity index is 2.07. The van der Waals surface area contributed by atoms with Gasteiger partial charge in [-0.05, 0) is 42.3 Å². The largest absolute Gasteiger partial charge is 0.388 e. The smallest absolute Gasteiger partial charge is 0.136 e. The summed E-state index contributed by atoms with van der Waals surface area (Å²) in [4.78, 5) is 4.44. The molecule has 3 aromatic rings. The summed E-state index contributed by atoms with van der Waals surface area (Å²) in [6.45, 7) is 2.46. The highest BCUT2D eigenvalue weighted by atomic mass is 19.1. The summed E-state index contributed by atoms with van der Waals surface area (Å²) < 4.78 is 14.9. The van der Waals surface area contributed by atoms with Gasteiger partial charge in [-0.3, -0.25) is 0 Å². The van der Waals surface area contributed by atoms with Crippen molar-refractivity contribution in [3.63, 3.8) is 0 Å². The molecule has 0 saturated heterocycles. The fourth-order valence-corrected chi connectivity index (χ4v) is 2.36. The second kappa shape index (κ2) is 5.06. The number of benzene rings is 2. The van der Waals surface area contributed by atoms with Crippen LogP contribution in [0, 0.1) is 12.7 Å². The molecule has 0 bridgehead atoms. The van der Waals surface area contributed by atoms with Gasteiger partial charge in [0.1, 0.15) is 18.2 Å². The van der Waals surface area contributed by atoms with E-state index in [4.69, 9.17) is 0 Å². The van der Waals surface area contributed by atoms with Gasteiger partial charge in [-0.1, -0.05) is 18.2 Å². The van der Waals surface area contributed by atoms with E-state index in [9.17, 15) is 9.50 Å². The number of aliphatic hydroxyl groups is 1. The fourth-order valence-electron chi connectivity index (χ4n) is 2.36. The second-order valence-corrected chi connectivity index (χ2v) is 4.89. The predicted octanol–water partition coefficient (Wildman–Crippen LogP) is 3.02. The van der Waals surface area contributed by atoms with Gasteiger partial charge < -0.3 is 9.67 Å². The van der Waals surface area contributed by atoms with Crippen molar-refractivity contribution < 1.29 is 9.50 Å². The van der Waals surface area contributed by atoms with Gasteiger partial charge in [0.2, 0.25) is 0 Å². The lowest BCUT2D eigenvalue weighted by Gasteiger charge is -2.08. The van der Waals surface area contributed by atoms with Crippen molar-refractivity contribution in [2.45, 2.75) is 20.1 Å². The topological polar surface area (TPSA) is 38.1 Å². The number of halogens is 1. The monoisotopic (exact) mass is 270 g/mol. The third kappa shape index (κ3) is 2.30. The van der Waals surface area contributed by atoms with Gasteiger partial charge in [-0.25, -0.2) is 9.37 Å². The number of aromatic nitrogens is 2. The Morgan fingerprint density at radius 1 is 1.15 bits per heavy atom. The van der Waals surface area contributed by atoms with Crippen LogP contribution in [0.25, 0.3) is 11.0 Å². The molecule has 0 aliphatic rings. The van der Waals surface area contributed by atoms with Gasteiger partial charge in [0.05, 0.1) is 11.0 Å². The standard InChI is InChI=1S/C16H15FN2O/c1-11-2-7-15-14(8-11)18-16(10-20)19(15)9-12-3-5-13(17)6-4-12/h2-8,20H,9-10H2,1H3. The van der Waals surface area contributed by atoms with Crippen LogP contribution in [0.2, 0.25) is 0 Å². The number of nitrogens with zero attached hydrogens (tertiary/aromatic N) is 2. The lowest BCUT2D eigenvalue weighted by molar-refractivity contribution is 0.267. The Hall–Kier alpha value is -2.20. The molecule has 4 heteroatoms. The predicted molar refractivity (Wildman–Crippen MR) is 75.9 cm³/mol. The molecule has 1 heterocycles. The van der Waals surface area contributed by atoms with Crippen LogP contribution < -0.4 is 0 Å². The number of hydrogen-bond donors (Lipinski definition) is 1. The summed E-state index contributed by atoms with van der Waals surface area (Å²) in [6, 6.07) is 12.4. The highest BCUT2D eigenvalue weighted by Crippen LogP contribution is 2.19. The first-order valence-electron chi connectivity index (χ1n) is 6.48. The number of aliphatic hydroxyl groups excluding tert-OH is 1.